The van der Waals surface area contributed by atoms with E-state index in [9.17, 15) is 27.6 Å². The van der Waals surface area contributed by atoms with E-state index < -0.39 is 35.3 Å². The highest BCUT2D eigenvalue weighted by Crippen LogP contribution is 2.38. The zero-order valence-electron chi connectivity index (χ0n) is 18.5. The summed E-state index contributed by atoms with van der Waals surface area (Å²) in [6.07, 6.45) is 1.46. The number of nitrogens with zero attached hydrogens (tertiary/aromatic N) is 2. The topological polar surface area (TPSA) is 91.4 Å². The van der Waals surface area contributed by atoms with E-state index in [1.165, 1.54) is 30.5 Å². The molecule has 0 aliphatic carbocycles. The average Bonchev–Trinajstić information content (AvgIpc) is 3.12. The molecule has 7 nitrogen and oxygen atoms in total. The maximum Gasteiger partial charge on any atom is 0.446 e. The van der Waals surface area contributed by atoms with Crippen LogP contribution in [-0.2, 0) is 4.79 Å². The van der Waals surface area contributed by atoms with Crippen LogP contribution in [0.2, 0.25) is 5.02 Å². The van der Waals surface area contributed by atoms with Crippen LogP contribution in [-0.4, -0.2) is 34.4 Å². The maximum absolute atomic E-state index is 13.1. The highest BCUT2D eigenvalue weighted by atomic mass is 35.5. The predicted molar refractivity (Wildman–Crippen MR) is 130 cm³/mol. The van der Waals surface area contributed by atoms with Crippen LogP contribution < -0.4 is 15.5 Å². The lowest BCUT2D eigenvalue weighted by Gasteiger charge is -2.19. The number of hydrogen-bond acceptors (Lipinski definition) is 5. The fourth-order valence-electron chi connectivity index (χ4n) is 3.70. The lowest BCUT2D eigenvalue weighted by molar-refractivity contribution is -0.118. The fraction of sp³-hybridized carbons (Fsp3) is 0.167. The number of thioether (sulfide) groups is 1. The summed E-state index contributed by atoms with van der Waals surface area (Å²) in [5.74, 6) is -1.29. The number of nitrogens with one attached hydrogen (secondary N) is 2. The van der Waals surface area contributed by atoms with Crippen molar-refractivity contribution < 1.29 is 27.6 Å². The van der Waals surface area contributed by atoms with Crippen LogP contribution in [0.5, 0.6) is 0 Å². The SMILES string of the molecule is CC(c1ccnc(NC(=O)c2ccccc2Cl)c1)C1NC(=O)N(c2ccc(SC(F)(F)F)cc2)C1=O. The Morgan fingerprint density at radius 1 is 1.14 bits per heavy atom. The van der Waals surface area contributed by atoms with Crippen molar-refractivity contribution in [3.05, 3.63) is 83.0 Å². The van der Waals surface area contributed by atoms with E-state index in [1.54, 1.807) is 43.3 Å². The molecule has 12 heteroatoms. The molecule has 4 rings (SSSR count). The molecule has 1 saturated heterocycles. The number of amides is 4. The fourth-order valence-corrected chi connectivity index (χ4v) is 4.46. The third-order valence-corrected chi connectivity index (χ3v) is 6.54. The molecule has 0 bridgehead atoms. The van der Waals surface area contributed by atoms with Gasteiger partial charge in [-0.05, 0) is 65.9 Å². The molecule has 1 aliphatic rings. The minimum Gasteiger partial charge on any atom is -0.325 e. The maximum atomic E-state index is 13.1. The second kappa shape index (κ2) is 10.2. The quantitative estimate of drug-likeness (QED) is 0.307. The van der Waals surface area contributed by atoms with E-state index in [-0.39, 0.29) is 38.7 Å². The van der Waals surface area contributed by atoms with Crippen LogP contribution in [0.15, 0.2) is 71.8 Å². The van der Waals surface area contributed by atoms with Gasteiger partial charge in [0.1, 0.15) is 11.9 Å². The molecule has 1 fully saturated rings. The predicted octanol–water partition coefficient (Wildman–Crippen LogP) is 5.83. The number of pyridine rings is 1. The molecular weight excluding hydrogens is 517 g/mol. The van der Waals surface area contributed by atoms with Gasteiger partial charge >= 0.3 is 11.5 Å². The minimum atomic E-state index is -4.45. The van der Waals surface area contributed by atoms with Crippen LogP contribution in [0.3, 0.4) is 0 Å². The molecule has 2 unspecified atom stereocenters. The number of urea groups is 1. The second-order valence-corrected chi connectivity index (χ2v) is 9.39. The average molecular weight is 535 g/mol. The van der Waals surface area contributed by atoms with Gasteiger partial charge in [0.2, 0.25) is 0 Å². The lowest BCUT2D eigenvalue weighted by atomic mass is 9.94. The van der Waals surface area contributed by atoms with Gasteiger partial charge in [-0.25, -0.2) is 14.7 Å². The molecule has 2 atom stereocenters. The molecule has 0 radical (unpaired) electrons. The molecule has 1 aliphatic heterocycles. The zero-order valence-corrected chi connectivity index (χ0v) is 20.1. The number of aromatic nitrogens is 1. The number of carbonyl (C=O) groups is 3. The van der Waals surface area contributed by atoms with E-state index >= 15 is 0 Å². The summed E-state index contributed by atoms with van der Waals surface area (Å²) >= 11 is 5.78. The molecule has 2 aromatic carbocycles. The third kappa shape index (κ3) is 5.63. The molecule has 0 saturated carbocycles. The van der Waals surface area contributed by atoms with Crippen molar-refractivity contribution in [3.8, 4) is 0 Å². The molecule has 3 aromatic rings. The van der Waals surface area contributed by atoms with E-state index in [0.29, 0.717) is 5.56 Å². The van der Waals surface area contributed by atoms with Gasteiger partial charge in [0.25, 0.3) is 11.8 Å². The third-order valence-electron chi connectivity index (χ3n) is 5.47. The largest absolute Gasteiger partial charge is 0.446 e. The van der Waals surface area contributed by atoms with E-state index in [4.69, 9.17) is 11.6 Å². The Hall–Kier alpha value is -3.57. The number of halogens is 4. The summed E-state index contributed by atoms with van der Waals surface area (Å²) in [7, 11) is 0. The van der Waals surface area contributed by atoms with Crippen LogP contribution >= 0.6 is 23.4 Å². The Kier molecular flexibility index (Phi) is 7.23. The number of anilines is 2. The Balaban J connectivity index is 1.49. The molecule has 36 heavy (non-hydrogen) atoms. The first-order chi connectivity index (χ1) is 17.0. The number of hydrogen-bond donors (Lipinski definition) is 2. The normalized spacial score (nSPS) is 16.6. The first-order valence-corrected chi connectivity index (χ1v) is 11.7. The van der Waals surface area contributed by atoms with Crippen molar-refractivity contribution in [1.82, 2.24) is 10.3 Å². The molecule has 186 valence electrons. The number of alkyl halides is 3. The van der Waals surface area contributed by atoms with Crippen LogP contribution in [0.25, 0.3) is 0 Å². The highest BCUT2D eigenvalue weighted by Gasteiger charge is 2.42. The Morgan fingerprint density at radius 3 is 2.50 bits per heavy atom. The van der Waals surface area contributed by atoms with E-state index in [1.807, 2.05) is 0 Å². The summed E-state index contributed by atoms with van der Waals surface area (Å²) in [5, 5.41) is 5.57. The van der Waals surface area contributed by atoms with Crippen molar-refractivity contribution in [3.63, 3.8) is 0 Å². The Bertz CT molecular complexity index is 1320. The molecule has 2 heterocycles. The van der Waals surface area contributed by atoms with Crippen molar-refractivity contribution in [2.45, 2.75) is 29.3 Å². The molecule has 2 N–H and O–H groups in total. The highest BCUT2D eigenvalue weighted by molar-refractivity contribution is 8.00. The first-order valence-electron chi connectivity index (χ1n) is 10.6. The summed E-state index contributed by atoms with van der Waals surface area (Å²) in [6.45, 7) is 1.73. The molecule has 0 spiro atoms. The Morgan fingerprint density at radius 2 is 1.83 bits per heavy atom. The monoisotopic (exact) mass is 534 g/mol. The second-order valence-electron chi connectivity index (χ2n) is 7.84. The molecular formula is C24H18ClF3N4O3S. The summed E-state index contributed by atoms with van der Waals surface area (Å²) in [5.41, 5.74) is -3.40. The molecule has 1 aromatic heterocycles. The van der Waals surface area contributed by atoms with Gasteiger partial charge < -0.3 is 10.6 Å². The number of rotatable bonds is 6. The van der Waals surface area contributed by atoms with Crippen molar-refractivity contribution >= 4 is 52.7 Å². The molecule has 4 amide bonds. The van der Waals surface area contributed by atoms with Gasteiger partial charge in [-0.15, -0.1) is 0 Å². The summed E-state index contributed by atoms with van der Waals surface area (Å²) < 4.78 is 37.7. The van der Waals surface area contributed by atoms with Gasteiger partial charge in [0.05, 0.1) is 16.3 Å². The van der Waals surface area contributed by atoms with E-state index in [0.717, 1.165) is 4.90 Å². The number of imide groups is 1. The smallest absolute Gasteiger partial charge is 0.325 e. The van der Waals surface area contributed by atoms with Crippen LogP contribution in [0, 0.1) is 0 Å². The Labute approximate surface area is 213 Å². The van der Waals surface area contributed by atoms with Gasteiger partial charge in [-0.2, -0.15) is 13.2 Å². The van der Waals surface area contributed by atoms with Gasteiger partial charge in [0, 0.05) is 17.0 Å². The van der Waals surface area contributed by atoms with Gasteiger partial charge in [0.15, 0.2) is 0 Å². The van der Waals surface area contributed by atoms with Gasteiger partial charge in [-0.3, -0.25) is 9.59 Å². The lowest BCUT2D eigenvalue weighted by Crippen LogP contribution is -2.35. The summed E-state index contributed by atoms with van der Waals surface area (Å²) in [6, 6.07) is 13.1. The van der Waals surface area contributed by atoms with E-state index in [2.05, 4.69) is 15.6 Å². The number of benzene rings is 2. The van der Waals surface area contributed by atoms with Crippen molar-refractivity contribution in [1.29, 1.82) is 0 Å². The summed E-state index contributed by atoms with van der Waals surface area (Å²) in [4.78, 5) is 43.2. The van der Waals surface area contributed by atoms with Gasteiger partial charge in [-0.1, -0.05) is 30.7 Å². The van der Waals surface area contributed by atoms with Crippen LogP contribution in [0.1, 0.15) is 28.8 Å². The number of carbonyl (C=O) groups excluding carboxylic acids is 3. The van der Waals surface area contributed by atoms with Crippen molar-refractivity contribution in [2.75, 3.05) is 10.2 Å². The van der Waals surface area contributed by atoms with Crippen LogP contribution in [0.4, 0.5) is 29.5 Å². The first kappa shape index (κ1) is 25.5. The minimum absolute atomic E-state index is 0.0635. The van der Waals surface area contributed by atoms with Crippen molar-refractivity contribution in [2.24, 2.45) is 0 Å². The standard InChI is InChI=1S/C24H18ClF3N4O3S/c1-13(14-10-11-29-19(12-14)30-21(33)17-4-2-3-5-18(17)25)20-22(34)32(23(35)31-20)15-6-8-16(9-7-15)36-24(26,27)28/h2-13,20H,1H3,(H,31,35)(H,29,30,33). The zero-order chi connectivity index (χ0) is 26.0.